The Hall–Kier alpha value is -2.95. The SMILES string of the molecule is CCC(OC(=O)c1ccncc1)C(=O)n1c2c(c3ccccc31)CCCC2. The van der Waals surface area contributed by atoms with E-state index in [4.69, 9.17) is 4.74 Å². The third-order valence-electron chi connectivity index (χ3n) is 5.21. The van der Waals surface area contributed by atoms with Crippen LogP contribution < -0.4 is 0 Å². The van der Waals surface area contributed by atoms with Gasteiger partial charge in [0.25, 0.3) is 5.91 Å². The quantitative estimate of drug-likeness (QED) is 0.653. The van der Waals surface area contributed by atoms with Crippen LogP contribution in [-0.4, -0.2) is 27.5 Å². The van der Waals surface area contributed by atoms with E-state index in [0.717, 1.165) is 42.3 Å². The summed E-state index contributed by atoms with van der Waals surface area (Å²) in [6.45, 7) is 1.86. The molecule has 0 radical (unpaired) electrons. The van der Waals surface area contributed by atoms with Crippen LogP contribution in [0, 0.1) is 0 Å². The molecule has 0 bridgehead atoms. The van der Waals surface area contributed by atoms with Crippen LogP contribution in [-0.2, 0) is 17.6 Å². The van der Waals surface area contributed by atoms with Gasteiger partial charge < -0.3 is 4.74 Å². The van der Waals surface area contributed by atoms with Crippen LogP contribution in [0.4, 0.5) is 0 Å². The topological polar surface area (TPSA) is 61.2 Å². The molecule has 138 valence electrons. The molecule has 0 saturated carbocycles. The van der Waals surface area contributed by atoms with Gasteiger partial charge in [0.15, 0.2) is 6.10 Å². The van der Waals surface area contributed by atoms with Crippen molar-refractivity contribution >= 4 is 22.8 Å². The van der Waals surface area contributed by atoms with Gasteiger partial charge in [0.05, 0.1) is 11.1 Å². The zero-order valence-corrected chi connectivity index (χ0v) is 15.4. The number of nitrogens with zero attached hydrogens (tertiary/aromatic N) is 2. The van der Waals surface area contributed by atoms with Crippen molar-refractivity contribution in [3.63, 3.8) is 0 Å². The highest BCUT2D eigenvalue weighted by Gasteiger charge is 2.29. The summed E-state index contributed by atoms with van der Waals surface area (Å²) in [5.74, 6) is -0.665. The normalized spacial score (nSPS) is 14.6. The second kappa shape index (κ2) is 7.35. The van der Waals surface area contributed by atoms with Gasteiger partial charge in [-0.3, -0.25) is 14.3 Å². The summed E-state index contributed by atoms with van der Waals surface area (Å²) in [6.07, 6.45) is 6.77. The predicted molar refractivity (Wildman–Crippen MR) is 103 cm³/mol. The standard InChI is InChI=1S/C22H22N2O3/c1-2-20(27-22(26)15-11-13-23-14-12-15)21(25)24-18-9-5-3-7-16(18)17-8-4-6-10-19(17)24/h3,5,7,9,11-14,20H,2,4,6,8,10H2,1H3. The lowest BCUT2D eigenvalue weighted by atomic mass is 9.95. The Kier molecular flexibility index (Phi) is 4.75. The maximum atomic E-state index is 13.4. The fourth-order valence-corrected chi connectivity index (χ4v) is 3.88. The molecule has 1 aliphatic rings. The highest BCUT2D eigenvalue weighted by Crippen LogP contribution is 2.32. The molecule has 2 aromatic heterocycles. The minimum atomic E-state index is -0.813. The molecule has 2 heterocycles. The number of hydrogen-bond donors (Lipinski definition) is 0. The average molecular weight is 362 g/mol. The van der Waals surface area contributed by atoms with Gasteiger partial charge in [-0.1, -0.05) is 25.1 Å². The molecule has 0 fully saturated rings. The van der Waals surface area contributed by atoms with E-state index < -0.39 is 12.1 Å². The molecule has 5 nitrogen and oxygen atoms in total. The van der Waals surface area contributed by atoms with Gasteiger partial charge in [-0.2, -0.15) is 0 Å². The number of carbonyl (C=O) groups excluding carboxylic acids is 2. The Morgan fingerprint density at radius 3 is 2.63 bits per heavy atom. The lowest BCUT2D eigenvalue weighted by Gasteiger charge is -2.20. The number of hydrogen-bond acceptors (Lipinski definition) is 4. The van der Waals surface area contributed by atoms with Gasteiger partial charge >= 0.3 is 5.97 Å². The maximum absolute atomic E-state index is 13.4. The van der Waals surface area contributed by atoms with Crippen molar-refractivity contribution in [3.8, 4) is 0 Å². The molecule has 1 unspecified atom stereocenters. The number of benzene rings is 1. The van der Waals surface area contributed by atoms with E-state index in [2.05, 4.69) is 11.1 Å². The number of aryl methyl sites for hydroxylation is 1. The lowest BCUT2D eigenvalue weighted by Crippen LogP contribution is -2.32. The Bertz CT molecular complexity index is 991. The molecule has 3 aromatic rings. The fraction of sp³-hybridized carbons (Fsp3) is 0.318. The molecule has 0 saturated heterocycles. The molecule has 4 rings (SSSR count). The van der Waals surface area contributed by atoms with Crippen LogP contribution in [0.2, 0.25) is 0 Å². The highest BCUT2D eigenvalue weighted by atomic mass is 16.5. The summed E-state index contributed by atoms with van der Waals surface area (Å²) in [7, 11) is 0. The number of carbonyl (C=O) groups is 2. The van der Waals surface area contributed by atoms with Crippen LogP contribution in [0.1, 0.15) is 52.6 Å². The monoisotopic (exact) mass is 362 g/mol. The second-order valence-corrected chi connectivity index (χ2v) is 6.86. The van der Waals surface area contributed by atoms with Crippen LogP contribution in [0.3, 0.4) is 0 Å². The first kappa shape index (κ1) is 17.5. The largest absolute Gasteiger partial charge is 0.449 e. The minimum Gasteiger partial charge on any atom is -0.449 e. The summed E-state index contributed by atoms with van der Waals surface area (Å²) >= 11 is 0. The smallest absolute Gasteiger partial charge is 0.339 e. The number of aromatic nitrogens is 2. The number of para-hydroxylation sites is 1. The molecule has 0 amide bonds. The highest BCUT2D eigenvalue weighted by molar-refractivity contribution is 5.99. The first-order valence-electron chi connectivity index (χ1n) is 9.47. The van der Waals surface area contributed by atoms with Crippen molar-refractivity contribution in [2.24, 2.45) is 0 Å². The Balaban J connectivity index is 1.70. The Morgan fingerprint density at radius 1 is 1.11 bits per heavy atom. The van der Waals surface area contributed by atoms with Crippen LogP contribution in [0.25, 0.3) is 10.9 Å². The van der Waals surface area contributed by atoms with Crippen LogP contribution in [0.5, 0.6) is 0 Å². The number of fused-ring (bicyclic) bond motifs is 3. The van der Waals surface area contributed by atoms with E-state index in [1.54, 1.807) is 16.7 Å². The first-order valence-corrected chi connectivity index (χ1v) is 9.47. The van der Waals surface area contributed by atoms with Gasteiger partial charge in [0.1, 0.15) is 0 Å². The molecular weight excluding hydrogens is 340 g/mol. The van der Waals surface area contributed by atoms with Crippen molar-refractivity contribution < 1.29 is 14.3 Å². The summed E-state index contributed by atoms with van der Waals surface area (Å²) in [5, 5.41) is 1.14. The van der Waals surface area contributed by atoms with E-state index in [1.807, 2.05) is 25.1 Å². The van der Waals surface area contributed by atoms with E-state index in [-0.39, 0.29) is 5.91 Å². The lowest BCUT2D eigenvalue weighted by molar-refractivity contribution is 0.0241. The Labute approximate surface area is 158 Å². The zero-order chi connectivity index (χ0) is 18.8. The van der Waals surface area contributed by atoms with E-state index in [0.29, 0.717) is 12.0 Å². The number of ether oxygens (including phenoxy) is 1. The molecule has 1 aromatic carbocycles. The fourth-order valence-electron chi connectivity index (χ4n) is 3.88. The molecule has 1 atom stereocenters. The van der Waals surface area contributed by atoms with Gasteiger partial charge in [-0.05, 0) is 55.9 Å². The summed E-state index contributed by atoms with van der Waals surface area (Å²) in [6, 6.07) is 11.2. The zero-order valence-electron chi connectivity index (χ0n) is 15.4. The third-order valence-corrected chi connectivity index (χ3v) is 5.21. The van der Waals surface area contributed by atoms with E-state index in [9.17, 15) is 9.59 Å². The number of rotatable bonds is 4. The average Bonchev–Trinajstić information content (AvgIpc) is 3.06. The second-order valence-electron chi connectivity index (χ2n) is 6.86. The van der Waals surface area contributed by atoms with Gasteiger partial charge in [0, 0.05) is 23.5 Å². The van der Waals surface area contributed by atoms with Crippen molar-refractivity contribution in [3.05, 3.63) is 65.6 Å². The van der Waals surface area contributed by atoms with Gasteiger partial charge in [-0.15, -0.1) is 0 Å². The summed E-state index contributed by atoms with van der Waals surface area (Å²) in [5.41, 5.74) is 3.65. The first-order chi connectivity index (χ1) is 13.2. The predicted octanol–water partition coefficient (Wildman–Crippen LogP) is 4.19. The van der Waals surface area contributed by atoms with Crippen molar-refractivity contribution in [1.82, 2.24) is 9.55 Å². The molecule has 0 aliphatic heterocycles. The molecule has 0 spiro atoms. The van der Waals surface area contributed by atoms with Gasteiger partial charge in [-0.25, -0.2) is 4.79 Å². The summed E-state index contributed by atoms with van der Waals surface area (Å²) < 4.78 is 7.36. The van der Waals surface area contributed by atoms with Gasteiger partial charge in [0.2, 0.25) is 0 Å². The Morgan fingerprint density at radius 2 is 1.85 bits per heavy atom. The molecule has 1 aliphatic carbocycles. The summed E-state index contributed by atoms with van der Waals surface area (Å²) in [4.78, 5) is 29.7. The molecule has 5 heteroatoms. The maximum Gasteiger partial charge on any atom is 0.339 e. The van der Waals surface area contributed by atoms with E-state index >= 15 is 0 Å². The number of esters is 1. The van der Waals surface area contributed by atoms with Crippen molar-refractivity contribution in [2.45, 2.75) is 45.1 Å². The molecule has 0 N–H and O–H groups in total. The van der Waals surface area contributed by atoms with Crippen LogP contribution in [0.15, 0.2) is 48.8 Å². The van der Waals surface area contributed by atoms with Crippen LogP contribution >= 0.6 is 0 Å². The van der Waals surface area contributed by atoms with Crippen molar-refractivity contribution in [2.75, 3.05) is 0 Å². The minimum absolute atomic E-state index is 0.167. The third kappa shape index (κ3) is 3.14. The van der Waals surface area contributed by atoms with E-state index in [1.165, 1.54) is 18.0 Å². The number of pyridine rings is 1. The van der Waals surface area contributed by atoms with Crippen molar-refractivity contribution in [1.29, 1.82) is 0 Å². The molecule has 27 heavy (non-hydrogen) atoms. The molecular formula is C22H22N2O3.